The number of nitrogens with one attached hydrogen (secondary N) is 2. The van der Waals surface area contributed by atoms with Crippen LogP contribution in [0.3, 0.4) is 0 Å². The molecule has 0 aliphatic heterocycles. The van der Waals surface area contributed by atoms with Gasteiger partial charge < -0.3 is 14.5 Å². The number of sulfonamides is 1. The molecule has 0 saturated heterocycles. The maximum Gasteiger partial charge on any atom is 0.273 e. The topological polar surface area (TPSA) is 80.6 Å². The number of hydrogen-bond acceptors (Lipinski definition) is 6. The van der Waals surface area contributed by atoms with Crippen LogP contribution in [0, 0.1) is 0 Å². The van der Waals surface area contributed by atoms with E-state index in [0.717, 1.165) is 0 Å². The molecule has 116 valence electrons. The molecule has 1 aromatic heterocycles. The zero-order valence-electron chi connectivity index (χ0n) is 12.0. The van der Waals surface area contributed by atoms with E-state index in [0.29, 0.717) is 32.0 Å². The number of hydrogen-bond donors (Lipinski definition) is 2. The number of thioether (sulfide) groups is 1. The largest absolute Gasteiger partial charge is 0.447 e. The van der Waals surface area contributed by atoms with Crippen molar-refractivity contribution >= 4 is 21.8 Å². The first kappa shape index (κ1) is 17.5. The van der Waals surface area contributed by atoms with Gasteiger partial charge in [0.1, 0.15) is 5.76 Å². The summed E-state index contributed by atoms with van der Waals surface area (Å²) in [4.78, 5) is 0. The van der Waals surface area contributed by atoms with Crippen LogP contribution < -0.4 is 10.0 Å². The molecule has 8 heteroatoms. The van der Waals surface area contributed by atoms with E-state index < -0.39 is 10.0 Å². The summed E-state index contributed by atoms with van der Waals surface area (Å²) in [6.07, 6.45) is 1.94. The van der Waals surface area contributed by atoms with Gasteiger partial charge in [0.25, 0.3) is 10.0 Å². The smallest absolute Gasteiger partial charge is 0.273 e. The second-order valence-corrected chi connectivity index (χ2v) is 7.26. The van der Waals surface area contributed by atoms with E-state index in [-0.39, 0.29) is 10.3 Å². The molecular weight excluding hydrogens is 300 g/mol. The van der Waals surface area contributed by atoms with E-state index in [9.17, 15) is 8.42 Å². The van der Waals surface area contributed by atoms with Gasteiger partial charge in [-0.1, -0.05) is 6.92 Å². The zero-order chi connectivity index (χ0) is 15.0. The highest BCUT2D eigenvalue weighted by Gasteiger charge is 2.19. The Balaban J connectivity index is 2.52. The summed E-state index contributed by atoms with van der Waals surface area (Å²) < 4.78 is 36.7. The third-order valence-electron chi connectivity index (χ3n) is 2.65. The van der Waals surface area contributed by atoms with Crippen LogP contribution in [0.5, 0.6) is 0 Å². The summed E-state index contributed by atoms with van der Waals surface area (Å²) in [7, 11) is -1.94. The van der Waals surface area contributed by atoms with Crippen LogP contribution >= 0.6 is 11.8 Å². The van der Waals surface area contributed by atoms with Crippen LogP contribution in [0.15, 0.2) is 21.6 Å². The fourth-order valence-corrected chi connectivity index (χ4v) is 2.80. The minimum absolute atomic E-state index is 0.0469. The number of ether oxygens (including phenoxy) is 1. The van der Waals surface area contributed by atoms with Crippen molar-refractivity contribution in [2.75, 3.05) is 33.1 Å². The molecule has 20 heavy (non-hydrogen) atoms. The van der Waals surface area contributed by atoms with Crippen LogP contribution in [0.25, 0.3) is 0 Å². The van der Waals surface area contributed by atoms with Crippen LogP contribution in [0.2, 0.25) is 0 Å². The van der Waals surface area contributed by atoms with Crippen molar-refractivity contribution < 1.29 is 17.6 Å². The number of furan rings is 1. The Kier molecular flexibility index (Phi) is 7.60. The Morgan fingerprint density at radius 1 is 1.45 bits per heavy atom. The molecule has 1 unspecified atom stereocenters. The Labute approximate surface area is 124 Å². The van der Waals surface area contributed by atoms with Crippen molar-refractivity contribution in [1.82, 2.24) is 10.0 Å². The minimum atomic E-state index is -3.56. The lowest BCUT2D eigenvalue weighted by atomic mass is 10.4. The van der Waals surface area contributed by atoms with E-state index in [1.165, 1.54) is 6.07 Å². The first-order chi connectivity index (χ1) is 9.49. The summed E-state index contributed by atoms with van der Waals surface area (Å²) in [6.45, 7) is 4.09. The summed E-state index contributed by atoms with van der Waals surface area (Å²) in [5, 5.41) is 3.26. The summed E-state index contributed by atoms with van der Waals surface area (Å²) in [5.74, 6) is 0.583. The molecule has 1 heterocycles. The molecule has 2 N–H and O–H groups in total. The Morgan fingerprint density at radius 2 is 2.20 bits per heavy atom. The van der Waals surface area contributed by atoms with Crippen LogP contribution in [0.1, 0.15) is 12.7 Å². The minimum Gasteiger partial charge on any atom is -0.447 e. The van der Waals surface area contributed by atoms with Crippen LogP contribution in [-0.4, -0.2) is 46.7 Å². The molecule has 6 nitrogen and oxygen atoms in total. The Hall–Kier alpha value is -0.540. The monoisotopic (exact) mass is 322 g/mol. The molecular formula is C12H22N2O4S2. The van der Waals surface area contributed by atoms with Gasteiger partial charge in [0.2, 0.25) is 5.09 Å². The summed E-state index contributed by atoms with van der Waals surface area (Å²) in [5.41, 5.74) is 0. The first-order valence-corrected chi connectivity index (χ1v) is 9.07. The van der Waals surface area contributed by atoms with E-state index in [1.54, 1.807) is 24.9 Å². The lowest BCUT2D eigenvalue weighted by Gasteiger charge is -2.08. The van der Waals surface area contributed by atoms with Crippen molar-refractivity contribution in [2.24, 2.45) is 0 Å². The molecule has 0 saturated carbocycles. The Bertz CT molecular complexity index is 487. The maximum absolute atomic E-state index is 12.0. The third-order valence-corrected chi connectivity index (χ3v) is 4.91. The van der Waals surface area contributed by atoms with Crippen molar-refractivity contribution in [2.45, 2.75) is 23.8 Å². The van der Waals surface area contributed by atoms with Crippen molar-refractivity contribution in [3.63, 3.8) is 0 Å². The molecule has 1 atom stereocenters. The molecule has 1 aromatic rings. The van der Waals surface area contributed by atoms with E-state index in [1.807, 2.05) is 13.2 Å². The first-order valence-electron chi connectivity index (χ1n) is 6.30. The summed E-state index contributed by atoms with van der Waals surface area (Å²) >= 11 is 1.60. The molecule has 0 amide bonds. The van der Waals surface area contributed by atoms with Gasteiger partial charge in [-0.2, -0.15) is 11.8 Å². The molecule has 0 fully saturated rings. The molecule has 0 aliphatic rings. The van der Waals surface area contributed by atoms with Gasteiger partial charge in [-0.3, -0.25) is 0 Å². The number of rotatable bonds is 10. The lowest BCUT2D eigenvalue weighted by molar-refractivity contribution is 0.198. The molecule has 1 rings (SSSR count). The highest BCUT2D eigenvalue weighted by Crippen LogP contribution is 2.14. The highest BCUT2D eigenvalue weighted by atomic mass is 32.2. The predicted molar refractivity (Wildman–Crippen MR) is 80.5 cm³/mol. The second-order valence-electron chi connectivity index (χ2n) is 4.29. The quantitative estimate of drug-likeness (QED) is 0.627. The highest BCUT2D eigenvalue weighted by molar-refractivity contribution is 7.99. The summed E-state index contributed by atoms with van der Waals surface area (Å²) in [6, 6.07) is 3.13. The zero-order valence-corrected chi connectivity index (χ0v) is 13.6. The fraction of sp³-hybridized carbons (Fsp3) is 0.667. The average molecular weight is 322 g/mol. The van der Waals surface area contributed by atoms with Crippen molar-refractivity contribution in [3.05, 3.63) is 17.9 Å². The van der Waals surface area contributed by atoms with Crippen molar-refractivity contribution in [3.8, 4) is 0 Å². The van der Waals surface area contributed by atoms with Gasteiger partial charge in [0.05, 0.1) is 13.2 Å². The van der Waals surface area contributed by atoms with Gasteiger partial charge in [-0.25, -0.2) is 13.1 Å². The molecule has 0 aromatic carbocycles. The van der Waals surface area contributed by atoms with Gasteiger partial charge >= 0.3 is 0 Å². The molecule has 0 aliphatic carbocycles. The number of methoxy groups -OCH3 is 1. The molecule has 0 spiro atoms. The predicted octanol–water partition coefficient (Wildman–Crippen LogP) is 1.05. The van der Waals surface area contributed by atoms with Gasteiger partial charge in [0, 0.05) is 25.4 Å². The van der Waals surface area contributed by atoms with Gasteiger partial charge in [0.15, 0.2) is 0 Å². The van der Waals surface area contributed by atoms with E-state index in [2.05, 4.69) is 10.0 Å². The molecule has 0 bridgehead atoms. The van der Waals surface area contributed by atoms with Crippen molar-refractivity contribution in [1.29, 1.82) is 0 Å². The third kappa shape index (κ3) is 5.84. The standard InChI is InChI=1S/C12H22N2O4S2/c1-10(19-3)8-14-20(15,16)12-5-4-11(18-12)9-13-6-7-17-2/h4-5,10,13-14H,6-9H2,1-3H3. The molecule has 0 radical (unpaired) electrons. The van der Waals surface area contributed by atoms with Crippen LogP contribution in [0.4, 0.5) is 0 Å². The lowest BCUT2D eigenvalue weighted by Crippen LogP contribution is -2.29. The fourth-order valence-electron chi connectivity index (χ4n) is 1.37. The van der Waals surface area contributed by atoms with Gasteiger partial charge in [-0.15, -0.1) is 0 Å². The van der Waals surface area contributed by atoms with E-state index in [4.69, 9.17) is 9.15 Å². The normalized spacial score (nSPS) is 13.6. The van der Waals surface area contributed by atoms with Gasteiger partial charge in [-0.05, 0) is 18.4 Å². The SMILES string of the molecule is COCCNCc1ccc(S(=O)(=O)NCC(C)SC)o1. The van der Waals surface area contributed by atoms with Crippen LogP contribution in [-0.2, 0) is 21.3 Å². The maximum atomic E-state index is 12.0. The average Bonchev–Trinajstić information content (AvgIpc) is 2.90. The Morgan fingerprint density at radius 3 is 2.85 bits per heavy atom. The van der Waals surface area contributed by atoms with E-state index >= 15 is 0 Å². The second kappa shape index (κ2) is 8.68.